The maximum absolute atomic E-state index is 13.1. The molecule has 2 amide bonds. The van der Waals surface area contributed by atoms with E-state index in [4.69, 9.17) is 9.98 Å². The fourth-order valence-electron chi connectivity index (χ4n) is 3.44. The third-order valence-electron chi connectivity index (χ3n) is 5.18. The quantitative estimate of drug-likeness (QED) is 0.798. The first kappa shape index (κ1) is 20.3. The van der Waals surface area contributed by atoms with Crippen LogP contribution in [0.5, 0.6) is 0 Å². The van der Waals surface area contributed by atoms with Gasteiger partial charge in [0, 0.05) is 11.3 Å². The van der Waals surface area contributed by atoms with E-state index in [0.717, 1.165) is 22.5 Å². The standard InChI is InChI=1S/C23H24N4O2S/c1-13(2)19-22(29)27-20(26-19)16-10-6-8-12-18(16)25-23(27)30-15(4)21(28)24-17-11-7-5-9-14(17)3/h5-13,15,19H,1-4H3,(H,24,28)/t15-,19-/m0/s1. The smallest absolute Gasteiger partial charge is 0.259 e. The summed E-state index contributed by atoms with van der Waals surface area (Å²) in [6.07, 6.45) is 0. The third kappa shape index (κ3) is 3.65. The second-order valence-electron chi connectivity index (χ2n) is 7.79. The molecule has 0 spiro atoms. The summed E-state index contributed by atoms with van der Waals surface area (Å²) in [6, 6.07) is 14.9. The lowest BCUT2D eigenvalue weighted by Gasteiger charge is -2.27. The Hall–Kier alpha value is -2.93. The van der Waals surface area contributed by atoms with Crippen molar-refractivity contribution in [1.82, 2.24) is 4.90 Å². The molecule has 2 aliphatic heterocycles. The number of thioether (sulfide) groups is 1. The van der Waals surface area contributed by atoms with Crippen LogP contribution in [0.4, 0.5) is 11.4 Å². The molecular weight excluding hydrogens is 396 g/mol. The molecule has 7 heteroatoms. The zero-order valence-electron chi connectivity index (χ0n) is 17.4. The minimum absolute atomic E-state index is 0.0794. The van der Waals surface area contributed by atoms with Gasteiger partial charge in [0.2, 0.25) is 5.91 Å². The maximum atomic E-state index is 13.1. The Morgan fingerprint density at radius 3 is 2.53 bits per heavy atom. The van der Waals surface area contributed by atoms with E-state index in [2.05, 4.69) is 5.32 Å². The molecule has 1 N–H and O–H groups in total. The Labute approximate surface area is 180 Å². The Kier molecular flexibility index (Phi) is 5.47. The normalized spacial score (nSPS) is 18.5. The van der Waals surface area contributed by atoms with E-state index in [1.165, 1.54) is 11.8 Å². The van der Waals surface area contributed by atoms with Gasteiger partial charge in [0.15, 0.2) is 5.17 Å². The lowest BCUT2D eigenvalue weighted by molar-refractivity contribution is -0.125. The first-order valence-electron chi connectivity index (χ1n) is 10.00. The first-order valence-corrected chi connectivity index (χ1v) is 10.9. The number of carbonyl (C=O) groups excluding carboxylic acids is 2. The van der Waals surface area contributed by atoms with Crippen LogP contribution in [0.1, 0.15) is 31.9 Å². The molecule has 6 nitrogen and oxygen atoms in total. The number of fused-ring (bicyclic) bond motifs is 3. The number of amidine groups is 2. The van der Waals surface area contributed by atoms with E-state index >= 15 is 0 Å². The van der Waals surface area contributed by atoms with E-state index in [1.54, 1.807) is 4.90 Å². The number of carbonyl (C=O) groups is 2. The minimum atomic E-state index is -0.444. The summed E-state index contributed by atoms with van der Waals surface area (Å²) >= 11 is 1.27. The molecule has 0 unspecified atom stereocenters. The molecule has 0 aromatic heterocycles. The molecule has 0 fully saturated rings. The largest absolute Gasteiger partial charge is 0.325 e. The second kappa shape index (κ2) is 8.07. The van der Waals surface area contributed by atoms with Crippen molar-refractivity contribution in [1.29, 1.82) is 0 Å². The molecule has 2 aromatic rings. The van der Waals surface area contributed by atoms with Crippen molar-refractivity contribution in [3.8, 4) is 0 Å². The van der Waals surface area contributed by atoms with Crippen LogP contribution >= 0.6 is 11.8 Å². The molecule has 2 atom stereocenters. The highest BCUT2D eigenvalue weighted by Crippen LogP contribution is 2.35. The van der Waals surface area contributed by atoms with Crippen molar-refractivity contribution < 1.29 is 9.59 Å². The van der Waals surface area contributed by atoms with E-state index in [0.29, 0.717) is 11.0 Å². The van der Waals surface area contributed by atoms with Crippen LogP contribution < -0.4 is 5.32 Å². The Balaban J connectivity index is 1.61. The van der Waals surface area contributed by atoms with Crippen LogP contribution in [0.2, 0.25) is 0 Å². The number of hydrogen-bond acceptors (Lipinski definition) is 5. The fraction of sp³-hybridized carbons (Fsp3) is 0.304. The van der Waals surface area contributed by atoms with E-state index in [1.807, 2.05) is 76.2 Å². The number of amides is 2. The first-order chi connectivity index (χ1) is 14.4. The van der Waals surface area contributed by atoms with E-state index in [9.17, 15) is 9.59 Å². The Morgan fingerprint density at radius 1 is 1.10 bits per heavy atom. The highest BCUT2D eigenvalue weighted by atomic mass is 32.2. The van der Waals surface area contributed by atoms with Gasteiger partial charge in [-0.1, -0.05) is 55.9 Å². The zero-order valence-corrected chi connectivity index (χ0v) is 18.2. The van der Waals surface area contributed by atoms with Crippen molar-refractivity contribution in [2.24, 2.45) is 15.9 Å². The van der Waals surface area contributed by atoms with Crippen molar-refractivity contribution in [2.45, 2.75) is 39.0 Å². The number of rotatable bonds is 4. The molecule has 0 aliphatic carbocycles. The van der Waals surface area contributed by atoms with E-state index in [-0.39, 0.29) is 17.7 Å². The number of hydrogen-bond donors (Lipinski definition) is 1. The SMILES string of the molecule is Cc1ccccc1NC(=O)[C@H](C)SC1=Nc2ccccc2C2=N[C@@H](C(C)C)C(=O)N12. The van der Waals surface area contributed by atoms with Gasteiger partial charge in [-0.2, -0.15) is 0 Å². The molecule has 0 saturated carbocycles. The van der Waals surface area contributed by atoms with Crippen LogP contribution in [0.3, 0.4) is 0 Å². The molecule has 0 bridgehead atoms. The molecule has 0 radical (unpaired) electrons. The van der Waals surface area contributed by atoms with Crippen LogP contribution in [-0.4, -0.2) is 39.0 Å². The average Bonchev–Trinajstić information content (AvgIpc) is 3.08. The Morgan fingerprint density at radius 2 is 1.80 bits per heavy atom. The maximum Gasteiger partial charge on any atom is 0.259 e. The number of nitrogens with one attached hydrogen (secondary N) is 1. The molecule has 154 valence electrons. The topological polar surface area (TPSA) is 74.1 Å². The van der Waals surface area contributed by atoms with Gasteiger partial charge < -0.3 is 5.32 Å². The predicted octanol–water partition coefficient (Wildman–Crippen LogP) is 4.37. The summed E-state index contributed by atoms with van der Waals surface area (Å²) in [6.45, 7) is 7.74. The number of para-hydroxylation sites is 2. The number of benzene rings is 2. The molecule has 2 aliphatic rings. The van der Waals surface area contributed by atoms with Crippen LogP contribution in [-0.2, 0) is 9.59 Å². The summed E-state index contributed by atoms with van der Waals surface area (Å²) in [5, 5.41) is 3.02. The third-order valence-corrected chi connectivity index (χ3v) is 6.24. The van der Waals surface area contributed by atoms with Gasteiger partial charge in [-0.25, -0.2) is 9.89 Å². The van der Waals surface area contributed by atoms with Gasteiger partial charge >= 0.3 is 0 Å². The van der Waals surface area contributed by atoms with Gasteiger partial charge in [-0.15, -0.1) is 0 Å². The van der Waals surface area contributed by atoms with Crippen LogP contribution in [0, 0.1) is 12.8 Å². The van der Waals surface area contributed by atoms with Crippen molar-refractivity contribution in [2.75, 3.05) is 5.32 Å². The number of aryl methyl sites for hydroxylation is 1. The van der Waals surface area contributed by atoms with Gasteiger partial charge in [0.05, 0.1) is 10.9 Å². The fourth-order valence-corrected chi connectivity index (χ4v) is 4.36. The molecule has 4 rings (SSSR count). The Bertz CT molecular complexity index is 1080. The summed E-state index contributed by atoms with van der Waals surface area (Å²) in [7, 11) is 0. The van der Waals surface area contributed by atoms with Crippen LogP contribution in [0.15, 0.2) is 58.5 Å². The molecule has 2 heterocycles. The second-order valence-corrected chi connectivity index (χ2v) is 9.10. The lowest BCUT2D eigenvalue weighted by Crippen LogP contribution is -2.43. The highest BCUT2D eigenvalue weighted by Gasteiger charge is 2.43. The number of anilines is 1. The molecule has 2 aromatic carbocycles. The van der Waals surface area contributed by atoms with Crippen molar-refractivity contribution >= 4 is 46.0 Å². The summed E-state index contributed by atoms with van der Waals surface area (Å²) < 4.78 is 0. The number of nitrogens with zero attached hydrogens (tertiary/aromatic N) is 3. The molecular formula is C23H24N4O2S. The van der Waals surface area contributed by atoms with Gasteiger partial charge in [0.1, 0.15) is 11.9 Å². The van der Waals surface area contributed by atoms with Crippen molar-refractivity contribution in [3.05, 3.63) is 59.7 Å². The molecule has 30 heavy (non-hydrogen) atoms. The summed E-state index contributed by atoms with van der Waals surface area (Å²) in [5.41, 5.74) is 3.38. The van der Waals surface area contributed by atoms with Gasteiger partial charge in [-0.05, 0) is 43.5 Å². The lowest BCUT2D eigenvalue weighted by atomic mass is 10.1. The molecule has 0 saturated heterocycles. The highest BCUT2D eigenvalue weighted by molar-refractivity contribution is 8.15. The van der Waals surface area contributed by atoms with Crippen LogP contribution in [0.25, 0.3) is 0 Å². The van der Waals surface area contributed by atoms with Gasteiger partial charge in [0.25, 0.3) is 5.91 Å². The number of aliphatic imine (C=N–C) groups is 2. The van der Waals surface area contributed by atoms with E-state index < -0.39 is 11.3 Å². The predicted molar refractivity (Wildman–Crippen MR) is 122 cm³/mol. The monoisotopic (exact) mass is 420 g/mol. The van der Waals surface area contributed by atoms with Crippen molar-refractivity contribution in [3.63, 3.8) is 0 Å². The average molecular weight is 421 g/mol. The zero-order chi connectivity index (χ0) is 21.4. The summed E-state index contributed by atoms with van der Waals surface area (Å²) in [4.78, 5) is 36.9. The minimum Gasteiger partial charge on any atom is -0.325 e. The van der Waals surface area contributed by atoms with Gasteiger partial charge in [-0.3, -0.25) is 14.6 Å². The summed E-state index contributed by atoms with van der Waals surface area (Å²) in [5.74, 6) is 0.475.